The lowest BCUT2D eigenvalue weighted by Gasteiger charge is -2.40. The number of carbonyl (C=O) groups excluding carboxylic acids is 2. The molecule has 0 atom stereocenters. The molecule has 0 unspecified atom stereocenters. The van der Waals surface area contributed by atoms with Crippen LogP contribution in [0.1, 0.15) is 49.8 Å². The van der Waals surface area contributed by atoms with Crippen LogP contribution in [0.25, 0.3) is 17.3 Å². The summed E-state index contributed by atoms with van der Waals surface area (Å²) < 4.78 is 36.7. The molecular weight excluding hydrogens is 482 g/mol. The average molecular weight is 515 g/mol. The molecule has 4 rings (SSSR count). The standard InChI is InChI=1S/C27H32F2N4O4/c1-5-15(2)20(18-12-33(13-18)16(3)34)10-25-30-11-21(32-25)17-8-22(36-4)26(27(35)31-19-6-7-19)23(9-17)37-14-24(28)29/h5,8-11,18-19,24H,6-7,12-14H2,1-4H3,(H,30,32)(H,31,35)/b15-5-,20-10+. The van der Waals surface area contributed by atoms with Crippen molar-refractivity contribution in [3.05, 3.63) is 46.9 Å². The number of benzene rings is 1. The van der Waals surface area contributed by atoms with E-state index in [2.05, 4.69) is 15.3 Å². The molecule has 37 heavy (non-hydrogen) atoms. The number of allylic oxidation sites excluding steroid dienone is 2. The van der Waals surface area contributed by atoms with Crippen LogP contribution in [0.5, 0.6) is 11.5 Å². The number of nitrogens with one attached hydrogen (secondary N) is 2. The average Bonchev–Trinajstić information content (AvgIpc) is 3.53. The van der Waals surface area contributed by atoms with Crippen LogP contribution in [0.2, 0.25) is 0 Å². The van der Waals surface area contributed by atoms with E-state index in [1.165, 1.54) is 7.11 Å². The number of carbonyl (C=O) groups is 2. The van der Waals surface area contributed by atoms with Crippen molar-refractivity contribution in [1.82, 2.24) is 20.2 Å². The highest BCUT2D eigenvalue weighted by Gasteiger charge is 2.32. The molecule has 2 aliphatic rings. The second-order valence-corrected chi connectivity index (χ2v) is 9.38. The second-order valence-electron chi connectivity index (χ2n) is 9.38. The molecule has 1 aromatic heterocycles. The van der Waals surface area contributed by atoms with Crippen LogP contribution in [0.15, 0.2) is 35.6 Å². The first kappa shape index (κ1) is 26.4. The fourth-order valence-corrected chi connectivity index (χ4v) is 4.24. The van der Waals surface area contributed by atoms with Gasteiger partial charge in [0.1, 0.15) is 29.5 Å². The molecule has 10 heteroatoms. The Morgan fingerprint density at radius 2 is 1.95 bits per heavy atom. The van der Waals surface area contributed by atoms with Gasteiger partial charge in [0.25, 0.3) is 12.3 Å². The lowest BCUT2D eigenvalue weighted by Crippen LogP contribution is -2.49. The van der Waals surface area contributed by atoms with E-state index in [1.54, 1.807) is 30.2 Å². The fourth-order valence-electron chi connectivity index (χ4n) is 4.24. The zero-order valence-electron chi connectivity index (χ0n) is 21.4. The van der Waals surface area contributed by atoms with Gasteiger partial charge < -0.3 is 24.7 Å². The summed E-state index contributed by atoms with van der Waals surface area (Å²) in [5, 5.41) is 2.86. The maximum atomic E-state index is 13.0. The van der Waals surface area contributed by atoms with E-state index < -0.39 is 18.9 Å². The third-order valence-corrected chi connectivity index (χ3v) is 6.64. The van der Waals surface area contributed by atoms with E-state index in [0.29, 0.717) is 30.2 Å². The Bertz CT molecular complexity index is 1230. The van der Waals surface area contributed by atoms with Crippen molar-refractivity contribution in [3.63, 3.8) is 0 Å². The fraction of sp³-hybridized carbons (Fsp3) is 0.444. The number of rotatable bonds is 10. The van der Waals surface area contributed by atoms with E-state index in [0.717, 1.165) is 24.0 Å². The number of hydrogen-bond acceptors (Lipinski definition) is 5. The SMILES string of the molecule is C/C=C(C)\C(=C/c1ncc(-c2cc(OC)c(C(=O)NC3CC3)c(OCC(F)F)c2)[nH]1)C1CN(C(C)=O)C1. The first-order valence-corrected chi connectivity index (χ1v) is 12.3. The Kier molecular flexibility index (Phi) is 7.94. The predicted molar refractivity (Wildman–Crippen MR) is 136 cm³/mol. The van der Waals surface area contributed by atoms with Gasteiger partial charge in [0, 0.05) is 37.5 Å². The van der Waals surface area contributed by atoms with Crippen molar-refractivity contribution in [2.45, 2.75) is 46.1 Å². The number of ether oxygens (including phenoxy) is 2. The van der Waals surface area contributed by atoms with Gasteiger partial charge in [-0.05, 0) is 50.5 Å². The molecule has 2 amide bonds. The molecule has 198 valence electrons. The number of aromatic amines is 1. The van der Waals surface area contributed by atoms with E-state index in [4.69, 9.17) is 9.47 Å². The highest BCUT2D eigenvalue weighted by atomic mass is 19.3. The molecule has 2 aromatic rings. The maximum Gasteiger partial charge on any atom is 0.272 e. The minimum atomic E-state index is -2.70. The monoisotopic (exact) mass is 514 g/mol. The number of nitrogens with zero attached hydrogens (tertiary/aromatic N) is 2. The van der Waals surface area contributed by atoms with E-state index in [9.17, 15) is 18.4 Å². The van der Waals surface area contributed by atoms with Crippen molar-refractivity contribution in [2.24, 2.45) is 5.92 Å². The third-order valence-electron chi connectivity index (χ3n) is 6.64. The number of halogens is 2. The molecule has 1 saturated heterocycles. The molecule has 1 saturated carbocycles. The number of alkyl halides is 2. The molecule has 0 radical (unpaired) electrons. The molecule has 1 aliphatic carbocycles. The molecule has 0 bridgehead atoms. The number of imidazole rings is 1. The molecular formula is C27H32F2N4O4. The van der Waals surface area contributed by atoms with Crippen molar-refractivity contribution >= 4 is 17.9 Å². The summed E-state index contributed by atoms with van der Waals surface area (Å²) in [6.07, 6.45) is 4.68. The summed E-state index contributed by atoms with van der Waals surface area (Å²) in [6, 6.07) is 3.28. The second kappa shape index (κ2) is 11.1. The Balaban J connectivity index is 1.65. The Labute approximate surface area is 214 Å². The van der Waals surface area contributed by atoms with Crippen LogP contribution in [0.4, 0.5) is 8.78 Å². The van der Waals surface area contributed by atoms with Gasteiger partial charge >= 0.3 is 0 Å². The minimum absolute atomic E-state index is 0.0173. The Hall–Kier alpha value is -3.69. The summed E-state index contributed by atoms with van der Waals surface area (Å²) >= 11 is 0. The van der Waals surface area contributed by atoms with Crippen LogP contribution >= 0.6 is 0 Å². The van der Waals surface area contributed by atoms with Crippen LogP contribution in [-0.4, -0.2) is 66.0 Å². The van der Waals surface area contributed by atoms with Crippen LogP contribution in [0.3, 0.4) is 0 Å². The third kappa shape index (κ3) is 6.18. The molecule has 0 spiro atoms. The van der Waals surface area contributed by atoms with Gasteiger partial charge in [0.2, 0.25) is 5.91 Å². The molecule has 2 heterocycles. The number of H-pyrrole nitrogens is 1. The highest BCUT2D eigenvalue weighted by Crippen LogP contribution is 2.36. The van der Waals surface area contributed by atoms with Gasteiger partial charge in [-0.25, -0.2) is 13.8 Å². The summed E-state index contributed by atoms with van der Waals surface area (Å²) in [4.78, 5) is 34.0. The predicted octanol–water partition coefficient (Wildman–Crippen LogP) is 4.45. The summed E-state index contributed by atoms with van der Waals surface area (Å²) in [5.41, 5.74) is 3.46. The largest absolute Gasteiger partial charge is 0.496 e. The summed E-state index contributed by atoms with van der Waals surface area (Å²) in [7, 11) is 1.42. The molecule has 2 N–H and O–H groups in total. The van der Waals surface area contributed by atoms with E-state index in [1.807, 2.05) is 26.0 Å². The summed E-state index contributed by atoms with van der Waals surface area (Å²) in [6.45, 7) is 6.02. The van der Waals surface area contributed by atoms with Gasteiger partial charge in [-0.15, -0.1) is 0 Å². The van der Waals surface area contributed by atoms with Crippen molar-refractivity contribution in [3.8, 4) is 22.8 Å². The molecule has 1 aromatic carbocycles. The molecule has 8 nitrogen and oxygen atoms in total. The minimum Gasteiger partial charge on any atom is -0.496 e. The number of amides is 2. The van der Waals surface area contributed by atoms with Gasteiger partial charge in [-0.3, -0.25) is 9.59 Å². The first-order valence-electron chi connectivity index (χ1n) is 12.3. The van der Waals surface area contributed by atoms with Crippen LogP contribution in [0, 0.1) is 5.92 Å². The molecule has 1 aliphatic heterocycles. The van der Waals surface area contributed by atoms with E-state index >= 15 is 0 Å². The van der Waals surface area contributed by atoms with Gasteiger partial charge in [-0.2, -0.15) is 0 Å². The highest BCUT2D eigenvalue weighted by molar-refractivity contribution is 6.01. The zero-order chi connectivity index (χ0) is 26.7. The van der Waals surface area contributed by atoms with Crippen LogP contribution in [-0.2, 0) is 4.79 Å². The van der Waals surface area contributed by atoms with Crippen molar-refractivity contribution < 1.29 is 27.8 Å². The topological polar surface area (TPSA) is 96.6 Å². The smallest absolute Gasteiger partial charge is 0.272 e. The summed E-state index contributed by atoms with van der Waals surface area (Å²) in [5.74, 6) is 0.695. The van der Waals surface area contributed by atoms with Crippen LogP contribution < -0.4 is 14.8 Å². The lowest BCUT2D eigenvalue weighted by atomic mass is 9.86. The van der Waals surface area contributed by atoms with Gasteiger partial charge in [0.05, 0.1) is 19.0 Å². The van der Waals surface area contributed by atoms with Crippen molar-refractivity contribution in [2.75, 3.05) is 26.8 Å². The van der Waals surface area contributed by atoms with Gasteiger partial charge in [-0.1, -0.05) is 11.6 Å². The number of aromatic nitrogens is 2. The number of methoxy groups -OCH3 is 1. The zero-order valence-corrected chi connectivity index (χ0v) is 21.4. The molecule has 2 fully saturated rings. The quantitative estimate of drug-likeness (QED) is 0.457. The first-order chi connectivity index (χ1) is 17.7. The normalized spacial score (nSPS) is 16.6. The Morgan fingerprint density at radius 3 is 2.54 bits per heavy atom. The number of hydrogen-bond donors (Lipinski definition) is 2. The van der Waals surface area contributed by atoms with E-state index in [-0.39, 0.29) is 34.9 Å². The number of likely N-dealkylation sites (tertiary alicyclic amines) is 1. The lowest BCUT2D eigenvalue weighted by molar-refractivity contribution is -0.134. The van der Waals surface area contributed by atoms with Gasteiger partial charge in [0.15, 0.2) is 0 Å². The Morgan fingerprint density at radius 1 is 1.24 bits per heavy atom. The maximum absolute atomic E-state index is 13.0. The van der Waals surface area contributed by atoms with Crippen molar-refractivity contribution in [1.29, 1.82) is 0 Å².